The van der Waals surface area contributed by atoms with Crippen LogP contribution in [0.3, 0.4) is 0 Å². The Morgan fingerprint density at radius 1 is 1.04 bits per heavy atom. The van der Waals surface area contributed by atoms with Gasteiger partial charge in [0.05, 0.1) is 19.1 Å². The van der Waals surface area contributed by atoms with Gasteiger partial charge >= 0.3 is 12.1 Å². The smallest absolute Gasteiger partial charge is 0.417 e. The van der Waals surface area contributed by atoms with Crippen LogP contribution in [-0.4, -0.2) is 42.1 Å². The van der Waals surface area contributed by atoms with Gasteiger partial charge in [0.15, 0.2) is 0 Å². The van der Waals surface area contributed by atoms with Crippen LogP contribution in [0.25, 0.3) is 0 Å². The van der Waals surface area contributed by atoms with Crippen molar-refractivity contribution in [2.45, 2.75) is 31.7 Å². The highest BCUT2D eigenvalue weighted by molar-refractivity contribution is 5.95. The summed E-state index contributed by atoms with van der Waals surface area (Å²) in [5.41, 5.74) is 1.97. The molecule has 0 saturated carbocycles. The van der Waals surface area contributed by atoms with Gasteiger partial charge in [-0.2, -0.15) is 0 Å². The minimum Gasteiger partial charge on any atom is -0.466 e. The number of nitrogens with zero attached hydrogens (tertiary/aromatic N) is 1. The third kappa shape index (κ3) is 4.39. The van der Waals surface area contributed by atoms with Crippen molar-refractivity contribution in [3.05, 3.63) is 71.8 Å². The summed E-state index contributed by atoms with van der Waals surface area (Å²) in [6.07, 6.45) is -0.832. The lowest BCUT2D eigenvalue weighted by atomic mass is 9.85. The van der Waals surface area contributed by atoms with Crippen molar-refractivity contribution in [2.75, 3.05) is 13.2 Å². The number of carbonyl (C=O) groups is 3. The van der Waals surface area contributed by atoms with E-state index in [0.717, 1.165) is 16.0 Å². The topological polar surface area (TPSA) is 72.9 Å². The van der Waals surface area contributed by atoms with Gasteiger partial charge in [0.1, 0.15) is 6.61 Å². The lowest BCUT2D eigenvalue weighted by molar-refractivity contribution is -0.145. The molecule has 1 heterocycles. The highest BCUT2D eigenvalue weighted by atomic mass is 16.6. The Morgan fingerprint density at radius 3 is 2.14 bits per heavy atom. The molecule has 0 aromatic heterocycles. The maximum Gasteiger partial charge on any atom is 0.417 e. The molecule has 0 N–H and O–H groups in total. The molecule has 2 aromatic rings. The molecule has 1 fully saturated rings. The molecule has 1 saturated heterocycles. The van der Waals surface area contributed by atoms with E-state index in [1.807, 2.05) is 60.7 Å². The number of carbonyl (C=O) groups excluding carboxylic acids is 3. The Balaban J connectivity index is 1.87. The summed E-state index contributed by atoms with van der Waals surface area (Å²) >= 11 is 0. The highest BCUT2D eigenvalue weighted by Crippen LogP contribution is 2.34. The molecule has 28 heavy (non-hydrogen) atoms. The summed E-state index contributed by atoms with van der Waals surface area (Å²) in [5, 5.41) is 0. The molecule has 1 aliphatic rings. The van der Waals surface area contributed by atoms with Gasteiger partial charge in [0, 0.05) is 12.3 Å². The SMILES string of the molecule is CCOC(=O)CCC(=O)N1C(=O)OC[C@H]1C(c1ccccc1)c1ccccc1. The number of benzene rings is 2. The van der Waals surface area contributed by atoms with Crippen LogP contribution in [0.5, 0.6) is 0 Å². The maximum absolute atomic E-state index is 12.8. The van der Waals surface area contributed by atoms with Gasteiger partial charge in [-0.1, -0.05) is 60.7 Å². The van der Waals surface area contributed by atoms with Crippen LogP contribution in [0.1, 0.15) is 36.8 Å². The van der Waals surface area contributed by atoms with Crippen LogP contribution in [0.4, 0.5) is 4.79 Å². The lowest BCUT2D eigenvalue weighted by Gasteiger charge is -2.28. The minimum atomic E-state index is -0.671. The molecule has 0 aliphatic carbocycles. The van der Waals surface area contributed by atoms with Gasteiger partial charge in [0.25, 0.3) is 0 Å². The van der Waals surface area contributed by atoms with Crippen LogP contribution < -0.4 is 0 Å². The number of rotatable bonds is 7. The third-order valence-electron chi connectivity index (χ3n) is 4.73. The standard InChI is InChI=1S/C22H23NO5/c1-2-27-20(25)14-13-19(24)23-18(15-28-22(23)26)21(16-9-5-3-6-10-16)17-11-7-4-8-12-17/h3-12,18,21H,2,13-15H2,1H3/t18-/m0/s1. The van der Waals surface area contributed by atoms with Gasteiger partial charge in [-0.05, 0) is 18.1 Å². The number of imide groups is 1. The van der Waals surface area contributed by atoms with E-state index in [1.165, 1.54) is 0 Å². The third-order valence-corrected chi connectivity index (χ3v) is 4.73. The zero-order valence-electron chi connectivity index (χ0n) is 15.7. The molecule has 2 amide bonds. The molecule has 0 bridgehead atoms. The summed E-state index contributed by atoms with van der Waals surface area (Å²) in [6.45, 7) is 2.07. The Kier molecular flexibility index (Phi) is 6.42. The van der Waals surface area contributed by atoms with Crippen molar-refractivity contribution in [2.24, 2.45) is 0 Å². The Labute approximate surface area is 164 Å². The molecule has 1 aliphatic heterocycles. The first-order valence-electron chi connectivity index (χ1n) is 9.36. The second-order valence-electron chi connectivity index (χ2n) is 6.51. The summed E-state index contributed by atoms with van der Waals surface area (Å²) in [7, 11) is 0. The van der Waals surface area contributed by atoms with E-state index in [1.54, 1.807) is 6.92 Å². The van der Waals surface area contributed by atoms with Crippen LogP contribution in [0.2, 0.25) is 0 Å². The van der Waals surface area contributed by atoms with E-state index >= 15 is 0 Å². The van der Waals surface area contributed by atoms with Crippen molar-refractivity contribution in [3.63, 3.8) is 0 Å². The number of hydrogen-bond acceptors (Lipinski definition) is 5. The fourth-order valence-electron chi connectivity index (χ4n) is 3.49. The van der Waals surface area contributed by atoms with E-state index in [4.69, 9.17) is 9.47 Å². The van der Waals surface area contributed by atoms with Gasteiger partial charge in [-0.25, -0.2) is 9.69 Å². The molecule has 0 unspecified atom stereocenters. The minimum absolute atomic E-state index is 0.0650. The van der Waals surface area contributed by atoms with Crippen LogP contribution in [-0.2, 0) is 19.1 Å². The average molecular weight is 381 g/mol. The molecule has 1 atom stereocenters. The predicted molar refractivity (Wildman–Crippen MR) is 103 cm³/mol. The zero-order chi connectivity index (χ0) is 19.9. The second-order valence-corrected chi connectivity index (χ2v) is 6.51. The molecule has 6 nitrogen and oxygen atoms in total. The first kappa shape index (κ1) is 19.6. The number of hydrogen-bond donors (Lipinski definition) is 0. The first-order chi connectivity index (χ1) is 13.6. The first-order valence-corrected chi connectivity index (χ1v) is 9.36. The molecule has 0 spiro atoms. The second kappa shape index (κ2) is 9.17. The fraction of sp³-hybridized carbons (Fsp3) is 0.318. The monoisotopic (exact) mass is 381 g/mol. The van der Waals surface area contributed by atoms with E-state index < -0.39 is 24.0 Å². The zero-order valence-corrected chi connectivity index (χ0v) is 15.7. The van der Waals surface area contributed by atoms with Gasteiger partial charge in [-0.3, -0.25) is 9.59 Å². The quantitative estimate of drug-likeness (QED) is 0.686. The fourth-order valence-corrected chi connectivity index (χ4v) is 3.49. The molecular weight excluding hydrogens is 358 g/mol. The van der Waals surface area contributed by atoms with Crippen LogP contribution in [0.15, 0.2) is 60.7 Å². The molecule has 146 valence electrons. The van der Waals surface area contributed by atoms with Crippen molar-refractivity contribution < 1.29 is 23.9 Å². The normalized spacial score (nSPS) is 16.1. The molecule has 6 heteroatoms. The molecular formula is C22H23NO5. The van der Waals surface area contributed by atoms with Crippen molar-refractivity contribution in [3.8, 4) is 0 Å². The molecule has 3 rings (SSSR count). The molecule has 2 aromatic carbocycles. The van der Waals surface area contributed by atoms with Crippen molar-refractivity contribution in [1.82, 2.24) is 4.90 Å². The van der Waals surface area contributed by atoms with Gasteiger partial charge in [-0.15, -0.1) is 0 Å². The van der Waals surface area contributed by atoms with E-state index in [-0.39, 0.29) is 32.0 Å². The largest absolute Gasteiger partial charge is 0.466 e. The van der Waals surface area contributed by atoms with Crippen molar-refractivity contribution >= 4 is 18.0 Å². The Bertz CT molecular complexity index is 782. The van der Waals surface area contributed by atoms with E-state index in [2.05, 4.69) is 0 Å². The van der Waals surface area contributed by atoms with E-state index in [0.29, 0.717) is 0 Å². The maximum atomic E-state index is 12.8. The predicted octanol–water partition coefficient (Wildman–Crippen LogP) is 3.51. The molecule has 0 radical (unpaired) electrons. The number of ether oxygens (including phenoxy) is 2. The lowest BCUT2D eigenvalue weighted by Crippen LogP contribution is -2.42. The Hall–Kier alpha value is -3.15. The average Bonchev–Trinajstić information content (AvgIpc) is 3.09. The van der Waals surface area contributed by atoms with E-state index in [9.17, 15) is 14.4 Å². The summed E-state index contributed by atoms with van der Waals surface area (Å²) in [6, 6.07) is 19.0. The number of amides is 2. The van der Waals surface area contributed by atoms with Gasteiger partial charge < -0.3 is 9.47 Å². The summed E-state index contributed by atoms with van der Waals surface area (Å²) < 4.78 is 10.1. The Morgan fingerprint density at radius 2 is 1.61 bits per heavy atom. The van der Waals surface area contributed by atoms with Crippen molar-refractivity contribution in [1.29, 1.82) is 0 Å². The van der Waals surface area contributed by atoms with Gasteiger partial charge in [0.2, 0.25) is 5.91 Å². The summed E-state index contributed by atoms with van der Waals surface area (Å²) in [5.74, 6) is -1.11. The number of cyclic esters (lactones) is 1. The summed E-state index contributed by atoms with van der Waals surface area (Å²) in [4.78, 5) is 37.8. The van der Waals surface area contributed by atoms with Crippen LogP contribution in [0, 0.1) is 0 Å². The highest BCUT2D eigenvalue weighted by Gasteiger charge is 2.43. The van der Waals surface area contributed by atoms with Crippen LogP contribution >= 0.6 is 0 Å². The number of esters is 1.